The Kier molecular flexibility index (Phi) is 3.88. The minimum absolute atomic E-state index is 0.0536. The van der Waals surface area contributed by atoms with Crippen molar-refractivity contribution in [3.05, 3.63) is 46.1 Å². The number of aliphatic hydroxyl groups is 1. The fourth-order valence-electron chi connectivity index (χ4n) is 3.98. The number of carbonyl (C=O) groups excluding carboxylic acids is 1. The van der Waals surface area contributed by atoms with E-state index < -0.39 is 0 Å². The number of hydrogen-bond acceptors (Lipinski definition) is 9. The highest BCUT2D eigenvalue weighted by atomic mass is 32.1. The molecule has 2 aliphatic rings. The Labute approximate surface area is 164 Å². The van der Waals surface area contributed by atoms with Crippen molar-refractivity contribution >= 4 is 28.5 Å². The third-order valence-corrected chi connectivity index (χ3v) is 6.39. The molecule has 144 valence electrons. The number of carbonyl (C=O) groups is 1. The normalized spacial score (nSPS) is 20.8. The Balaban J connectivity index is 1.54. The molecule has 0 saturated heterocycles. The van der Waals surface area contributed by atoms with Crippen molar-refractivity contribution in [2.24, 2.45) is 0 Å². The zero-order valence-electron chi connectivity index (χ0n) is 15.1. The zero-order chi connectivity index (χ0) is 19.4. The summed E-state index contributed by atoms with van der Waals surface area (Å²) in [5.74, 6) is 0.237. The number of anilines is 2. The van der Waals surface area contributed by atoms with E-state index in [9.17, 15) is 9.90 Å². The Morgan fingerprint density at radius 3 is 3.04 bits per heavy atom. The lowest BCUT2D eigenvalue weighted by Gasteiger charge is -2.37. The molecule has 2 aromatic heterocycles. The highest BCUT2D eigenvalue weighted by Crippen LogP contribution is 2.41. The second-order valence-electron chi connectivity index (χ2n) is 6.90. The van der Waals surface area contributed by atoms with Crippen LogP contribution >= 0.6 is 11.3 Å². The molecule has 4 heterocycles. The first-order chi connectivity index (χ1) is 13.6. The molecule has 0 aliphatic carbocycles. The van der Waals surface area contributed by atoms with E-state index in [0.29, 0.717) is 28.9 Å². The highest BCUT2D eigenvalue weighted by molar-refractivity contribution is 7.15. The van der Waals surface area contributed by atoms with Gasteiger partial charge in [0.1, 0.15) is 6.61 Å². The predicted molar refractivity (Wildman–Crippen MR) is 103 cm³/mol. The van der Waals surface area contributed by atoms with E-state index in [2.05, 4.69) is 9.97 Å². The number of fused-ring (bicyclic) bond motifs is 2. The van der Waals surface area contributed by atoms with Gasteiger partial charge in [0, 0.05) is 17.5 Å². The van der Waals surface area contributed by atoms with E-state index in [4.69, 9.17) is 14.9 Å². The van der Waals surface area contributed by atoms with Crippen LogP contribution in [0.2, 0.25) is 0 Å². The Morgan fingerprint density at radius 2 is 2.21 bits per heavy atom. The first-order valence-corrected chi connectivity index (χ1v) is 9.78. The maximum absolute atomic E-state index is 11.8. The molecule has 9 heteroatoms. The number of aromatic nitrogens is 2. The summed E-state index contributed by atoms with van der Waals surface area (Å²) in [6.45, 7) is 2.19. The molecule has 1 aromatic carbocycles. The number of nitrogens with zero attached hydrogens (tertiary/aromatic N) is 3. The van der Waals surface area contributed by atoms with Crippen LogP contribution in [0.1, 0.15) is 39.5 Å². The first-order valence-electron chi connectivity index (χ1n) is 8.96. The lowest BCUT2D eigenvalue weighted by atomic mass is 10.00. The Morgan fingerprint density at radius 1 is 1.39 bits per heavy atom. The molecule has 0 saturated carbocycles. The molecule has 5 rings (SSSR count). The molecule has 28 heavy (non-hydrogen) atoms. The van der Waals surface area contributed by atoms with Gasteiger partial charge >= 0.3 is 5.97 Å². The lowest BCUT2D eigenvalue weighted by Crippen LogP contribution is -2.45. The van der Waals surface area contributed by atoms with Crippen molar-refractivity contribution in [2.75, 3.05) is 17.2 Å². The minimum Gasteiger partial charge on any atom is -0.457 e. The van der Waals surface area contributed by atoms with Gasteiger partial charge in [-0.3, -0.25) is 0 Å². The molecule has 8 nitrogen and oxygen atoms in total. The molecule has 0 fully saturated rings. The zero-order valence-corrected chi connectivity index (χ0v) is 15.9. The first kappa shape index (κ1) is 17.2. The average molecular weight is 398 g/mol. The summed E-state index contributed by atoms with van der Waals surface area (Å²) < 4.78 is 11.2. The van der Waals surface area contributed by atoms with Crippen LogP contribution in [0.4, 0.5) is 11.1 Å². The quantitative estimate of drug-likeness (QED) is 0.647. The standard InChI is InChI=1S/C19H18N4O4S/c1-9-16-14(22-18(20)28-16)5-10(7-24)23(9)19-21-6-15(27-19)11-3-2-4-12-13(11)8-26-17(12)25/h2-4,6,9-10,24H,5,7-8H2,1H3,(H2,20,22)/t9-,10-/m0/s1. The number of nitrogens with two attached hydrogens (primary N) is 1. The summed E-state index contributed by atoms with van der Waals surface area (Å²) in [6.07, 6.45) is 2.22. The third-order valence-electron chi connectivity index (χ3n) is 5.30. The van der Waals surface area contributed by atoms with Crippen molar-refractivity contribution in [2.45, 2.75) is 32.0 Å². The summed E-state index contributed by atoms with van der Waals surface area (Å²) in [6, 6.07) is 5.57. The molecular formula is C19H18N4O4S. The number of ether oxygens (including phenoxy) is 1. The van der Waals surface area contributed by atoms with Gasteiger partial charge in [-0.2, -0.15) is 0 Å². The number of aliphatic hydroxyl groups excluding tert-OH is 1. The monoisotopic (exact) mass is 398 g/mol. The van der Waals surface area contributed by atoms with Gasteiger partial charge < -0.3 is 24.9 Å². The number of oxazole rings is 1. The van der Waals surface area contributed by atoms with Crippen LogP contribution in [-0.4, -0.2) is 33.7 Å². The number of esters is 1. The van der Waals surface area contributed by atoms with Gasteiger partial charge in [0.2, 0.25) is 0 Å². The van der Waals surface area contributed by atoms with Crippen LogP contribution in [0.5, 0.6) is 0 Å². The number of nitrogen functional groups attached to an aromatic ring is 1. The molecule has 3 N–H and O–H groups in total. The molecule has 0 spiro atoms. The Bertz CT molecular complexity index is 1080. The van der Waals surface area contributed by atoms with E-state index in [0.717, 1.165) is 21.7 Å². The maximum atomic E-state index is 11.8. The molecule has 0 unspecified atom stereocenters. The number of rotatable bonds is 3. The van der Waals surface area contributed by atoms with Crippen LogP contribution in [0.3, 0.4) is 0 Å². The molecule has 2 aliphatic heterocycles. The summed E-state index contributed by atoms with van der Waals surface area (Å²) >= 11 is 1.45. The predicted octanol–water partition coefficient (Wildman–Crippen LogP) is 2.54. The summed E-state index contributed by atoms with van der Waals surface area (Å²) in [4.78, 5) is 23.7. The van der Waals surface area contributed by atoms with Crippen LogP contribution in [0.25, 0.3) is 11.3 Å². The van der Waals surface area contributed by atoms with E-state index >= 15 is 0 Å². The van der Waals surface area contributed by atoms with Gasteiger partial charge in [0.05, 0.1) is 41.0 Å². The van der Waals surface area contributed by atoms with Gasteiger partial charge in [-0.05, 0) is 13.0 Å². The molecule has 3 aromatic rings. The molecule has 0 radical (unpaired) electrons. The summed E-state index contributed by atoms with van der Waals surface area (Å²) in [7, 11) is 0. The van der Waals surface area contributed by atoms with E-state index in [1.807, 2.05) is 17.9 Å². The van der Waals surface area contributed by atoms with E-state index in [-0.39, 0.29) is 31.3 Å². The van der Waals surface area contributed by atoms with Gasteiger partial charge in [-0.25, -0.2) is 14.8 Å². The van der Waals surface area contributed by atoms with Crippen LogP contribution < -0.4 is 10.6 Å². The Hall–Kier alpha value is -2.91. The smallest absolute Gasteiger partial charge is 0.338 e. The van der Waals surface area contributed by atoms with Gasteiger partial charge in [-0.15, -0.1) is 0 Å². The van der Waals surface area contributed by atoms with Crippen molar-refractivity contribution in [3.63, 3.8) is 0 Å². The fraction of sp³-hybridized carbons (Fsp3) is 0.316. The summed E-state index contributed by atoms with van der Waals surface area (Å²) in [5, 5.41) is 10.5. The third kappa shape index (κ3) is 2.50. The van der Waals surface area contributed by atoms with Crippen LogP contribution in [-0.2, 0) is 17.8 Å². The number of cyclic esters (lactones) is 1. The van der Waals surface area contributed by atoms with Gasteiger partial charge in [0.25, 0.3) is 6.01 Å². The van der Waals surface area contributed by atoms with Gasteiger partial charge in [-0.1, -0.05) is 23.5 Å². The second-order valence-corrected chi connectivity index (χ2v) is 7.96. The van der Waals surface area contributed by atoms with Crippen molar-refractivity contribution in [1.82, 2.24) is 9.97 Å². The van der Waals surface area contributed by atoms with E-state index in [1.165, 1.54) is 11.3 Å². The highest BCUT2D eigenvalue weighted by Gasteiger charge is 2.37. The summed E-state index contributed by atoms with van der Waals surface area (Å²) in [5.41, 5.74) is 8.95. The molecule has 0 amide bonds. The van der Waals surface area contributed by atoms with E-state index in [1.54, 1.807) is 18.3 Å². The minimum atomic E-state index is -0.322. The lowest BCUT2D eigenvalue weighted by molar-refractivity contribution is 0.0535. The fourth-order valence-corrected chi connectivity index (χ4v) is 4.89. The number of thiazole rings is 1. The SMILES string of the molecule is C[C@H]1c2sc(N)nc2C[C@@H](CO)N1c1ncc(-c2cccc3c2COC3=O)o1. The van der Waals surface area contributed by atoms with Crippen molar-refractivity contribution < 1.29 is 19.1 Å². The number of hydrogen-bond donors (Lipinski definition) is 2. The van der Waals surface area contributed by atoms with Crippen molar-refractivity contribution in [1.29, 1.82) is 0 Å². The largest absolute Gasteiger partial charge is 0.457 e. The average Bonchev–Trinajstić information content (AvgIpc) is 3.40. The van der Waals surface area contributed by atoms with Crippen LogP contribution in [0, 0.1) is 0 Å². The molecular weight excluding hydrogens is 380 g/mol. The maximum Gasteiger partial charge on any atom is 0.338 e. The second kappa shape index (κ2) is 6.32. The molecule has 0 bridgehead atoms. The van der Waals surface area contributed by atoms with Crippen LogP contribution in [0.15, 0.2) is 28.8 Å². The molecule has 2 atom stereocenters. The van der Waals surface area contributed by atoms with Gasteiger partial charge in [0.15, 0.2) is 10.9 Å². The number of benzene rings is 1. The topological polar surface area (TPSA) is 115 Å². The van der Waals surface area contributed by atoms with Crippen molar-refractivity contribution in [3.8, 4) is 11.3 Å².